The predicted octanol–water partition coefficient (Wildman–Crippen LogP) is 1.38. The Morgan fingerprint density at radius 3 is 3.09 bits per heavy atom. The van der Waals surface area contributed by atoms with Crippen LogP contribution >= 0.6 is 0 Å². The molecule has 3 heterocycles. The highest BCUT2D eigenvalue weighted by atomic mass is 16.5. The lowest BCUT2D eigenvalue weighted by Gasteiger charge is -2.23. The van der Waals surface area contributed by atoms with Crippen LogP contribution in [0.3, 0.4) is 0 Å². The van der Waals surface area contributed by atoms with E-state index < -0.39 is 0 Å². The Kier molecular flexibility index (Phi) is 3.67. The Morgan fingerprint density at radius 1 is 1.41 bits per heavy atom. The standard InChI is InChI=1S/C15H22N6O/c1-20(9-14-18-15(22-19-14)11-2-3-11)12-4-7-21(8-12)10-13-16-5-6-17-13/h5-6,11-12H,2-4,7-10H2,1H3,(H,16,17)/t12-/m1/s1. The van der Waals surface area contributed by atoms with E-state index in [4.69, 9.17) is 4.52 Å². The van der Waals surface area contributed by atoms with E-state index in [9.17, 15) is 0 Å². The molecule has 1 aliphatic carbocycles. The number of likely N-dealkylation sites (N-methyl/N-ethyl adjacent to an activating group) is 1. The smallest absolute Gasteiger partial charge is 0.229 e. The van der Waals surface area contributed by atoms with Gasteiger partial charge in [-0.25, -0.2) is 4.98 Å². The molecule has 2 aromatic heterocycles. The summed E-state index contributed by atoms with van der Waals surface area (Å²) in [6.07, 6.45) is 7.25. The molecule has 1 aliphatic heterocycles. The zero-order chi connectivity index (χ0) is 14.9. The summed E-state index contributed by atoms with van der Waals surface area (Å²) >= 11 is 0. The van der Waals surface area contributed by atoms with Crippen molar-refractivity contribution in [1.29, 1.82) is 0 Å². The number of nitrogens with one attached hydrogen (secondary N) is 1. The molecule has 0 aromatic carbocycles. The summed E-state index contributed by atoms with van der Waals surface area (Å²) in [5, 5.41) is 4.11. The van der Waals surface area contributed by atoms with Gasteiger partial charge >= 0.3 is 0 Å². The van der Waals surface area contributed by atoms with Crippen molar-refractivity contribution in [2.24, 2.45) is 0 Å². The maximum atomic E-state index is 5.33. The lowest BCUT2D eigenvalue weighted by molar-refractivity contribution is 0.214. The highest BCUT2D eigenvalue weighted by Gasteiger charge is 2.31. The highest BCUT2D eigenvalue weighted by Crippen LogP contribution is 2.38. The first kappa shape index (κ1) is 13.9. The average Bonchev–Trinajstić information content (AvgIpc) is 2.96. The van der Waals surface area contributed by atoms with Crippen LogP contribution in [0.5, 0.6) is 0 Å². The maximum absolute atomic E-state index is 5.33. The van der Waals surface area contributed by atoms with E-state index >= 15 is 0 Å². The number of aromatic amines is 1. The van der Waals surface area contributed by atoms with Gasteiger partial charge in [-0.2, -0.15) is 4.98 Å². The summed E-state index contributed by atoms with van der Waals surface area (Å²) in [6, 6.07) is 0.540. The molecule has 0 spiro atoms. The van der Waals surface area contributed by atoms with Gasteiger partial charge in [0.2, 0.25) is 5.89 Å². The van der Waals surface area contributed by atoms with Crippen LogP contribution in [0.1, 0.15) is 42.7 Å². The van der Waals surface area contributed by atoms with Gasteiger partial charge in [0, 0.05) is 37.4 Å². The molecule has 0 unspecified atom stereocenters. The van der Waals surface area contributed by atoms with Gasteiger partial charge in [-0.1, -0.05) is 5.16 Å². The average molecular weight is 302 g/mol. The van der Waals surface area contributed by atoms with E-state index in [1.54, 1.807) is 0 Å². The number of nitrogens with zero attached hydrogens (tertiary/aromatic N) is 5. The number of hydrogen-bond donors (Lipinski definition) is 1. The van der Waals surface area contributed by atoms with Crippen LogP contribution < -0.4 is 0 Å². The molecule has 22 heavy (non-hydrogen) atoms. The Hall–Kier alpha value is -1.73. The molecule has 7 heteroatoms. The first-order chi connectivity index (χ1) is 10.8. The van der Waals surface area contributed by atoms with Crippen LogP contribution in [-0.4, -0.2) is 56.1 Å². The van der Waals surface area contributed by atoms with Gasteiger partial charge in [-0.3, -0.25) is 9.80 Å². The van der Waals surface area contributed by atoms with Crippen LogP contribution in [-0.2, 0) is 13.1 Å². The minimum Gasteiger partial charge on any atom is -0.348 e. The monoisotopic (exact) mass is 302 g/mol. The molecule has 7 nitrogen and oxygen atoms in total. The second-order valence-corrected chi connectivity index (χ2v) is 6.45. The third-order valence-electron chi connectivity index (χ3n) is 4.60. The normalized spacial score (nSPS) is 22.7. The van der Waals surface area contributed by atoms with Gasteiger partial charge in [-0.15, -0.1) is 0 Å². The van der Waals surface area contributed by atoms with Crippen molar-refractivity contribution >= 4 is 0 Å². The zero-order valence-electron chi connectivity index (χ0n) is 12.9. The fraction of sp³-hybridized carbons (Fsp3) is 0.667. The summed E-state index contributed by atoms with van der Waals surface area (Å²) in [6.45, 7) is 3.82. The summed E-state index contributed by atoms with van der Waals surface area (Å²) < 4.78 is 5.33. The number of hydrogen-bond acceptors (Lipinski definition) is 6. The predicted molar refractivity (Wildman–Crippen MR) is 80.0 cm³/mol. The molecule has 1 saturated carbocycles. The third-order valence-corrected chi connectivity index (χ3v) is 4.60. The molecule has 0 radical (unpaired) electrons. The first-order valence-electron chi connectivity index (χ1n) is 8.01. The number of imidazole rings is 1. The molecule has 2 aromatic rings. The second kappa shape index (κ2) is 5.81. The fourth-order valence-electron chi connectivity index (χ4n) is 3.09. The SMILES string of the molecule is CN(Cc1noc(C2CC2)n1)[C@@H]1CCN(Cc2ncc[nH]2)C1. The fourth-order valence-corrected chi connectivity index (χ4v) is 3.09. The quantitative estimate of drug-likeness (QED) is 0.869. The van der Waals surface area contributed by atoms with Gasteiger partial charge in [0.1, 0.15) is 5.82 Å². The number of H-pyrrole nitrogens is 1. The van der Waals surface area contributed by atoms with Crippen molar-refractivity contribution in [2.45, 2.75) is 44.3 Å². The van der Waals surface area contributed by atoms with Gasteiger partial charge in [0.25, 0.3) is 0 Å². The Balaban J connectivity index is 1.30. The Bertz CT molecular complexity index is 605. The lowest BCUT2D eigenvalue weighted by atomic mass is 10.2. The molecule has 1 saturated heterocycles. The molecule has 0 amide bonds. The Morgan fingerprint density at radius 2 is 2.32 bits per heavy atom. The minimum absolute atomic E-state index is 0.529. The van der Waals surface area contributed by atoms with Crippen LogP contribution in [0.15, 0.2) is 16.9 Å². The zero-order valence-corrected chi connectivity index (χ0v) is 12.9. The van der Waals surface area contributed by atoms with E-state index in [2.05, 4.69) is 37.0 Å². The minimum atomic E-state index is 0.529. The van der Waals surface area contributed by atoms with Gasteiger partial charge < -0.3 is 9.51 Å². The second-order valence-electron chi connectivity index (χ2n) is 6.45. The molecule has 4 rings (SSSR count). The number of rotatable bonds is 6. The van der Waals surface area contributed by atoms with Gasteiger partial charge in [0.05, 0.1) is 13.1 Å². The van der Waals surface area contributed by atoms with Crippen LogP contribution in [0, 0.1) is 0 Å². The molecule has 2 aliphatic rings. The van der Waals surface area contributed by atoms with Crippen LogP contribution in [0.25, 0.3) is 0 Å². The van der Waals surface area contributed by atoms with Crippen LogP contribution in [0.4, 0.5) is 0 Å². The summed E-state index contributed by atoms with van der Waals surface area (Å²) in [4.78, 5) is 16.8. The maximum Gasteiger partial charge on any atom is 0.229 e. The van der Waals surface area contributed by atoms with Gasteiger partial charge in [-0.05, 0) is 26.3 Å². The number of aromatic nitrogens is 4. The summed E-state index contributed by atoms with van der Waals surface area (Å²) in [5.74, 6) is 3.21. The number of likely N-dealkylation sites (tertiary alicyclic amines) is 1. The molecular formula is C15H22N6O. The summed E-state index contributed by atoms with van der Waals surface area (Å²) in [7, 11) is 2.15. The van der Waals surface area contributed by atoms with E-state index in [0.717, 1.165) is 43.7 Å². The molecule has 118 valence electrons. The van der Waals surface area contributed by atoms with E-state index in [0.29, 0.717) is 12.0 Å². The van der Waals surface area contributed by atoms with Crippen molar-refractivity contribution in [3.8, 4) is 0 Å². The van der Waals surface area contributed by atoms with Crippen molar-refractivity contribution < 1.29 is 4.52 Å². The van der Waals surface area contributed by atoms with E-state index in [-0.39, 0.29) is 0 Å². The third kappa shape index (κ3) is 3.05. The topological polar surface area (TPSA) is 74.1 Å². The molecular weight excluding hydrogens is 280 g/mol. The molecule has 1 atom stereocenters. The van der Waals surface area contributed by atoms with Crippen molar-refractivity contribution in [2.75, 3.05) is 20.1 Å². The first-order valence-corrected chi connectivity index (χ1v) is 8.01. The summed E-state index contributed by atoms with van der Waals surface area (Å²) in [5.41, 5.74) is 0. The van der Waals surface area contributed by atoms with Crippen molar-refractivity contribution in [1.82, 2.24) is 29.9 Å². The van der Waals surface area contributed by atoms with E-state index in [1.807, 2.05) is 12.4 Å². The molecule has 0 bridgehead atoms. The van der Waals surface area contributed by atoms with Crippen molar-refractivity contribution in [3.63, 3.8) is 0 Å². The largest absolute Gasteiger partial charge is 0.348 e. The van der Waals surface area contributed by atoms with E-state index in [1.165, 1.54) is 19.3 Å². The highest BCUT2D eigenvalue weighted by molar-refractivity contribution is 5.02. The molecule has 1 N–H and O–H groups in total. The lowest BCUT2D eigenvalue weighted by Crippen LogP contribution is -2.34. The molecule has 2 fully saturated rings. The Labute approximate surface area is 129 Å². The van der Waals surface area contributed by atoms with Crippen LogP contribution in [0.2, 0.25) is 0 Å². The van der Waals surface area contributed by atoms with Crippen molar-refractivity contribution in [3.05, 3.63) is 29.9 Å². The van der Waals surface area contributed by atoms with Gasteiger partial charge in [0.15, 0.2) is 5.82 Å².